The number of benzene rings is 4. The van der Waals surface area contributed by atoms with E-state index >= 15 is 0 Å². The summed E-state index contributed by atoms with van der Waals surface area (Å²) in [6.07, 6.45) is 1.91. The molecule has 0 atom stereocenters. The topological polar surface area (TPSA) is 30.2 Å². The third-order valence-electron chi connectivity index (χ3n) is 5.77. The first-order chi connectivity index (χ1) is 15.3. The summed E-state index contributed by atoms with van der Waals surface area (Å²) in [6, 6.07) is 39.6. The Balaban J connectivity index is 1.77. The largest absolute Gasteiger partial charge is 0.326 e. The highest BCUT2D eigenvalue weighted by molar-refractivity contribution is 5.85. The van der Waals surface area contributed by atoms with Crippen LogP contribution in [0.1, 0.15) is 22.5 Å². The van der Waals surface area contributed by atoms with Gasteiger partial charge in [-0.15, -0.1) is 0 Å². The first kappa shape index (κ1) is 19.0. The lowest BCUT2D eigenvalue weighted by Gasteiger charge is -2.32. The van der Waals surface area contributed by atoms with Crippen LogP contribution in [0.15, 0.2) is 120 Å². The number of aromatic nitrogens is 2. The molecule has 0 saturated heterocycles. The molecule has 0 radical (unpaired) electrons. The van der Waals surface area contributed by atoms with Crippen LogP contribution in [-0.4, -0.2) is 15.8 Å². The molecule has 0 N–H and O–H groups in total. The quantitative estimate of drug-likeness (QED) is 0.263. The maximum atomic E-state index is 5.28. The van der Waals surface area contributed by atoms with E-state index in [4.69, 9.17) is 9.98 Å². The molecule has 3 heteroatoms. The number of aryl methyl sites for hydroxylation is 1. The van der Waals surface area contributed by atoms with Gasteiger partial charge in [0.2, 0.25) is 0 Å². The van der Waals surface area contributed by atoms with Crippen molar-refractivity contribution in [3.63, 3.8) is 0 Å². The number of hydrogen-bond donors (Lipinski definition) is 0. The third-order valence-corrected chi connectivity index (χ3v) is 5.77. The fraction of sp³-hybridized carbons (Fsp3) is 0.0714. The summed E-state index contributed by atoms with van der Waals surface area (Å²) in [6.45, 7) is 0. The fourth-order valence-corrected chi connectivity index (χ4v) is 4.20. The van der Waals surface area contributed by atoms with Crippen LogP contribution in [0.2, 0.25) is 0 Å². The van der Waals surface area contributed by atoms with E-state index in [9.17, 15) is 0 Å². The standard InChI is InChI=1S/C28H23N3/c1-31-26-20-12-11-19-25(26)30-27(31)21-29-28(22-13-5-2-6-14-22,23-15-7-3-8-16-23)24-17-9-4-10-18-24/h2-21H,1H3/b29-21+. The Bertz CT molecular complexity index is 1220. The molecular formula is C28H23N3. The van der Waals surface area contributed by atoms with Crippen molar-refractivity contribution < 1.29 is 0 Å². The Morgan fingerprint density at radius 3 is 1.58 bits per heavy atom. The minimum Gasteiger partial charge on any atom is -0.326 e. The van der Waals surface area contributed by atoms with Gasteiger partial charge in [-0.05, 0) is 28.8 Å². The van der Waals surface area contributed by atoms with E-state index in [1.165, 1.54) is 0 Å². The van der Waals surface area contributed by atoms with Gasteiger partial charge in [0, 0.05) is 7.05 Å². The Labute approximate surface area is 182 Å². The average molecular weight is 402 g/mol. The maximum absolute atomic E-state index is 5.28. The molecule has 0 aliphatic heterocycles. The van der Waals surface area contributed by atoms with Crippen molar-refractivity contribution in [2.24, 2.45) is 12.0 Å². The minimum atomic E-state index is -0.679. The lowest BCUT2D eigenvalue weighted by molar-refractivity contribution is 0.658. The molecule has 0 saturated carbocycles. The highest BCUT2D eigenvalue weighted by Gasteiger charge is 2.35. The highest BCUT2D eigenvalue weighted by Crippen LogP contribution is 2.40. The Kier molecular flexibility index (Phi) is 4.93. The minimum absolute atomic E-state index is 0.679. The highest BCUT2D eigenvalue weighted by atomic mass is 15.1. The summed E-state index contributed by atoms with van der Waals surface area (Å²) in [4.78, 5) is 10.1. The van der Waals surface area contributed by atoms with Crippen LogP contribution in [0, 0.1) is 0 Å². The maximum Gasteiger partial charge on any atom is 0.151 e. The van der Waals surface area contributed by atoms with Crippen molar-refractivity contribution in [1.29, 1.82) is 0 Å². The molecule has 0 aliphatic carbocycles. The van der Waals surface area contributed by atoms with Gasteiger partial charge in [0.1, 0.15) is 5.54 Å². The van der Waals surface area contributed by atoms with Crippen molar-refractivity contribution in [3.8, 4) is 0 Å². The number of aliphatic imine (C=N–C) groups is 1. The average Bonchev–Trinajstić information content (AvgIpc) is 3.17. The molecule has 0 bridgehead atoms. The van der Waals surface area contributed by atoms with Crippen molar-refractivity contribution in [1.82, 2.24) is 9.55 Å². The van der Waals surface area contributed by atoms with Crippen molar-refractivity contribution in [2.45, 2.75) is 5.54 Å². The van der Waals surface area contributed by atoms with Gasteiger partial charge in [0.25, 0.3) is 0 Å². The molecule has 0 spiro atoms. The van der Waals surface area contributed by atoms with Gasteiger partial charge >= 0.3 is 0 Å². The lowest BCUT2D eigenvalue weighted by Crippen LogP contribution is -2.27. The molecule has 0 fully saturated rings. The fourth-order valence-electron chi connectivity index (χ4n) is 4.20. The summed E-state index contributed by atoms with van der Waals surface area (Å²) in [5, 5.41) is 0. The van der Waals surface area contributed by atoms with E-state index in [2.05, 4.69) is 83.4 Å². The molecule has 5 rings (SSSR count). The van der Waals surface area contributed by atoms with Gasteiger partial charge in [0.05, 0.1) is 17.2 Å². The van der Waals surface area contributed by atoms with Crippen LogP contribution in [0.3, 0.4) is 0 Å². The molecule has 0 amide bonds. The third kappa shape index (κ3) is 3.34. The van der Waals surface area contributed by atoms with Crippen LogP contribution in [0.4, 0.5) is 0 Å². The second-order valence-corrected chi connectivity index (χ2v) is 7.58. The van der Waals surface area contributed by atoms with Gasteiger partial charge in [-0.25, -0.2) is 4.98 Å². The van der Waals surface area contributed by atoms with Gasteiger partial charge < -0.3 is 4.57 Å². The SMILES string of the molecule is Cn1c(/C=N/C(c2ccccc2)(c2ccccc2)c2ccccc2)nc2ccccc21. The summed E-state index contributed by atoms with van der Waals surface area (Å²) >= 11 is 0. The smallest absolute Gasteiger partial charge is 0.151 e. The van der Waals surface area contributed by atoms with E-state index in [0.29, 0.717) is 0 Å². The molecule has 31 heavy (non-hydrogen) atoms. The van der Waals surface area contributed by atoms with Crippen LogP contribution in [0.5, 0.6) is 0 Å². The van der Waals surface area contributed by atoms with Crippen LogP contribution in [-0.2, 0) is 12.6 Å². The zero-order valence-corrected chi connectivity index (χ0v) is 17.4. The molecule has 4 aromatic carbocycles. The normalized spacial score (nSPS) is 11.9. The zero-order chi connectivity index (χ0) is 21.1. The molecular weight excluding hydrogens is 378 g/mol. The van der Waals surface area contributed by atoms with E-state index in [1.54, 1.807) is 0 Å². The summed E-state index contributed by atoms with van der Waals surface area (Å²) in [5.41, 5.74) is 4.72. The van der Waals surface area contributed by atoms with Crippen LogP contribution in [0.25, 0.3) is 11.0 Å². The Hall–Kier alpha value is -3.98. The number of rotatable bonds is 5. The number of fused-ring (bicyclic) bond motifs is 1. The second kappa shape index (κ2) is 8.04. The summed E-state index contributed by atoms with van der Waals surface area (Å²) in [5.74, 6) is 0.827. The molecule has 5 aromatic rings. The zero-order valence-electron chi connectivity index (χ0n) is 17.4. The van der Waals surface area contributed by atoms with Crippen molar-refractivity contribution in [3.05, 3.63) is 138 Å². The Morgan fingerprint density at radius 2 is 1.10 bits per heavy atom. The van der Waals surface area contributed by atoms with Gasteiger partial charge in [-0.1, -0.05) is 103 Å². The molecule has 150 valence electrons. The van der Waals surface area contributed by atoms with Gasteiger partial charge in [0.15, 0.2) is 5.82 Å². The number of hydrogen-bond acceptors (Lipinski definition) is 2. The van der Waals surface area contributed by atoms with Gasteiger partial charge in [-0.2, -0.15) is 0 Å². The predicted octanol–water partition coefficient (Wildman–Crippen LogP) is 5.98. The Morgan fingerprint density at radius 1 is 0.645 bits per heavy atom. The van der Waals surface area contributed by atoms with E-state index in [-0.39, 0.29) is 0 Å². The molecule has 1 heterocycles. The summed E-state index contributed by atoms with van der Waals surface area (Å²) < 4.78 is 2.09. The molecule has 1 aromatic heterocycles. The summed E-state index contributed by atoms with van der Waals surface area (Å²) in [7, 11) is 2.03. The molecule has 0 unspecified atom stereocenters. The van der Waals surface area contributed by atoms with E-state index in [1.807, 2.05) is 49.7 Å². The first-order valence-corrected chi connectivity index (χ1v) is 10.4. The lowest BCUT2D eigenvalue weighted by atomic mass is 9.77. The van der Waals surface area contributed by atoms with Crippen molar-refractivity contribution in [2.75, 3.05) is 0 Å². The van der Waals surface area contributed by atoms with Crippen LogP contribution < -0.4 is 0 Å². The van der Waals surface area contributed by atoms with Gasteiger partial charge in [-0.3, -0.25) is 4.99 Å². The van der Waals surface area contributed by atoms with E-state index in [0.717, 1.165) is 33.5 Å². The first-order valence-electron chi connectivity index (χ1n) is 10.4. The number of nitrogens with zero attached hydrogens (tertiary/aromatic N) is 3. The van der Waals surface area contributed by atoms with Crippen LogP contribution >= 0.6 is 0 Å². The number of imidazole rings is 1. The van der Waals surface area contributed by atoms with E-state index < -0.39 is 5.54 Å². The monoisotopic (exact) mass is 401 g/mol. The van der Waals surface area contributed by atoms with Crippen molar-refractivity contribution >= 4 is 17.2 Å². The second-order valence-electron chi connectivity index (χ2n) is 7.58. The molecule has 0 aliphatic rings. The molecule has 3 nitrogen and oxygen atoms in total. The predicted molar refractivity (Wildman–Crippen MR) is 128 cm³/mol. The number of para-hydroxylation sites is 2.